The lowest BCUT2D eigenvalue weighted by molar-refractivity contribution is 0.0770. The van der Waals surface area contributed by atoms with Gasteiger partial charge in [0.2, 0.25) is 17.7 Å². The van der Waals surface area contributed by atoms with Crippen molar-refractivity contribution in [3.63, 3.8) is 0 Å². The van der Waals surface area contributed by atoms with Gasteiger partial charge in [-0.2, -0.15) is 9.97 Å². The van der Waals surface area contributed by atoms with Crippen molar-refractivity contribution in [2.75, 3.05) is 51.4 Å². The summed E-state index contributed by atoms with van der Waals surface area (Å²) < 4.78 is 46.3. The number of ether oxygens (including phenoxy) is 3. The van der Waals surface area contributed by atoms with E-state index in [1.807, 2.05) is 4.90 Å². The number of anilines is 1. The summed E-state index contributed by atoms with van der Waals surface area (Å²) in [5, 5.41) is 0. The molecular weight excluding hydrogens is 524 g/mol. The van der Waals surface area contributed by atoms with Gasteiger partial charge in [0.05, 0.1) is 43.5 Å². The number of amides is 1. The molecule has 2 fully saturated rings. The summed E-state index contributed by atoms with van der Waals surface area (Å²) in [6.07, 6.45) is -1.10. The number of aromatic nitrogens is 5. The normalized spacial score (nSPS) is 17.6. The van der Waals surface area contributed by atoms with E-state index in [0.29, 0.717) is 74.2 Å². The summed E-state index contributed by atoms with van der Waals surface area (Å²) in [6.45, 7) is 2.94. The van der Waals surface area contributed by atoms with E-state index in [1.165, 1.54) is 17.9 Å². The standard InChI is InChI=1S/C27H27F2N7O4/c1-38-22-7-6-17(15-30-22)26(37)35-9-8-18(16-35)40-23-14-21(32-27(33-23)34-10-12-39-13-11-34)36-20-5-3-2-4-19(20)31-25(36)24(28)29/h2-7,14-15,18,24H,8-13,16H2,1H3/t18-/m0/s1. The average Bonchev–Trinajstić information content (AvgIpc) is 3.62. The number of para-hydroxylation sites is 2. The van der Waals surface area contributed by atoms with Crippen LogP contribution in [0.25, 0.3) is 16.9 Å². The molecule has 3 aromatic heterocycles. The lowest BCUT2D eigenvalue weighted by atomic mass is 10.2. The highest BCUT2D eigenvalue weighted by atomic mass is 19.3. The topological polar surface area (TPSA) is 108 Å². The van der Waals surface area contributed by atoms with Gasteiger partial charge < -0.3 is 24.0 Å². The number of hydrogen-bond acceptors (Lipinski definition) is 9. The fraction of sp³-hybridized carbons (Fsp3) is 0.370. The lowest BCUT2D eigenvalue weighted by Gasteiger charge is -2.27. The maximum atomic E-state index is 14.1. The summed E-state index contributed by atoms with van der Waals surface area (Å²) in [5.41, 5.74) is 1.39. The Morgan fingerprint density at radius 2 is 1.88 bits per heavy atom. The van der Waals surface area contributed by atoms with Crippen molar-refractivity contribution in [3.05, 3.63) is 60.0 Å². The third-order valence-corrected chi connectivity index (χ3v) is 6.89. The molecule has 0 saturated carbocycles. The third kappa shape index (κ3) is 5.11. The minimum Gasteiger partial charge on any atom is -0.481 e. The van der Waals surface area contributed by atoms with Gasteiger partial charge >= 0.3 is 0 Å². The van der Waals surface area contributed by atoms with Gasteiger partial charge in [0.1, 0.15) is 11.9 Å². The number of pyridine rings is 1. The second-order valence-electron chi connectivity index (χ2n) is 9.43. The Morgan fingerprint density at radius 3 is 2.62 bits per heavy atom. The van der Waals surface area contributed by atoms with Gasteiger partial charge in [-0.3, -0.25) is 9.36 Å². The number of rotatable bonds is 7. The van der Waals surface area contributed by atoms with E-state index in [2.05, 4.69) is 19.9 Å². The number of methoxy groups -OCH3 is 1. The molecule has 1 amide bonds. The molecule has 0 unspecified atom stereocenters. The first-order valence-corrected chi connectivity index (χ1v) is 12.9. The molecule has 0 bridgehead atoms. The van der Waals surface area contributed by atoms with E-state index in [1.54, 1.807) is 47.4 Å². The Balaban J connectivity index is 1.30. The predicted molar refractivity (Wildman–Crippen MR) is 140 cm³/mol. The summed E-state index contributed by atoms with van der Waals surface area (Å²) >= 11 is 0. The third-order valence-electron chi connectivity index (χ3n) is 6.89. The molecular formula is C27H27F2N7O4. The molecule has 5 heterocycles. The summed E-state index contributed by atoms with van der Waals surface area (Å²) in [5.74, 6) is 0.662. The van der Waals surface area contributed by atoms with Crippen molar-refractivity contribution in [1.82, 2.24) is 29.4 Å². The monoisotopic (exact) mass is 551 g/mol. The zero-order valence-corrected chi connectivity index (χ0v) is 21.7. The molecule has 6 rings (SSSR count). The molecule has 13 heteroatoms. The quantitative estimate of drug-likeness (QED) is 0.342. The maximum absolute atomic E-state index is 14.1. The van der Waals surface area contributed by atoms with Crippen LogP contribution in [0, 0.1) is 0 Å². The number of nitrogens with zero attached hydrogens (tertiary/aromatic N) is 7. The van der Waals surface area contributed by atoms with Crippen LogP contribution in [-0.4, -0.2) is 87.9 Å². The Kier molecular flexibility index (Phi) is 7.11. The minimum atomic E-state index is -2.82. The fourth-order valence-electron chi connectivity index (χ4n) is 4.90. The molecule has 1 atom stereocenters. The van der Waals surface area contributed by atoms with Crippen LogP contribution in [0.4, 0.5) is 14.7 Å². The first-order valence-electron chi connectivity index (χ1n) is 12.9. The van der Waals surface area contributed by atoms with Crippen LogP contribution in [0.3, 0.4) is 0 Å². The summed E-state index contributed by atoms with van der Waals surface area (Å²) in [4.78, 5) is 34.2. The zero-order chi connectivity index (χ0) is 27.6. The van der Waals surface area contributed by atoms with Crippen molar-refractivity contribution in [2.45, 2.75) is 19.0 Å². The lowest BCUT2D eigenvalue weighted by Crippen LogP contribution is -2.37. The molecule has 0 radical (unpaired) electrons. The van der Waals surface area contributed by atoms with E-state index in [9.17, 15) is 13.6 Å². The van der Waals surface area contributed by atoms with Gasteiger partial charge in [-0.1, -0.05) is 12.1 Å². The highest BCUT2D eigenvalue weighted by molar-refractivity contribution is 5.94. The molecule has 0 spiro atoms. The number of carbonyl (C=O) groups excluding carboxylic acids is 1. The Bertz CT molecular complexity index is 1510. The zero-order valence-electron chi connectivity index (χ0n) is 21.7. The van der Waals surface area contributed by atoms with Crippen LogP contribution >= 0.6 is 0 Å². The van der Waals surface area contributed by atoms with Gasteiger partial charge in [0.25, 0.3) is 12.3 Å². The largest absolute Gasteiger partial charge is 0.481 e. The summed E-state index contributed by atoms with van der Waals surface area (Å²) in [6, 6.07) is 11.8. The Hall–Kier alpha value is -4.39. The van der Waals surface area contributed by atoms with E-state index in [-0.39, 0.29) is 23.7 Å². The van der Waals surface area contributed by atoms with Crippen LogP contribution in [-0.2, 0) is 4.74 Å². The molecule has 0 N–H and O–H groups in total. The van der Waals surface area contributed by atoms with Crippen molar-refractivity contribution in [2.24, 2.45) is 0 Å². The van der Waals surface area contributed by atoms with E-state index in [0.717, 1.165) is 0 Å². The molecule has 11 nitrogen and oxygen atoms in total. The number of imidazole rings is 1. The van der Waals surface area contributed by atoms with Crippen LogP contribution in [0.15, 0.2) is 48.7 Å². The molecule has 1 aromatic carbocycles. The number of benzene rings is 1. The van der Waals surface area contributed by atoms with Crippen molar-refractivity contribution in [1.29, 1.82) is 0 Å². The first kappa shape index (κ1) is 25.9. The number of likely N-dealkylation sites (tertiary alicyclic amines) is 1. The number of fused-ring (bicyclic) bond motifs is 1. The number of halogens is 2. The Labute approximate surface area is 228 Å². The van der Waals surface area contributed by atoms with Gasteiger partial charge in [-0.25, -0.2) is 18.7 Å². The van der Waals surface area contributed by atoms with E-state index >= 15 is 0 Å². The highest BCUT2D eigenvalue weighted by Crippen LogP contribution is 2.30. The van der Waals surface area contributed by atoms with Crippen LogP contribution in [0.2, 0.25) is 0 Å². The SMILES string of the molecule is COc1ccc(C(=O)N2CC[C@H](Oc3cc(-n4c(C(F)F)nc5ccccc54)nc(N4CCOCC4)n3)C2)cn1. The fourth-order valence-corrected chi connectivity index (χ4v) is 4.90. The second kappa shape index (κ2) is 11.0. The first-order chi connectivity index (χ1) is 19.5. The van der Waals surface area contributed by atoms with Crippen LogP contribution < -0.4 is 14.4 Å². The predicted octanol–water partition coefficient (Wildman–Crippen LogP) is 3.29. The van der Waals surface area contributed by atoms with Crippen LogP contribution in [0.5, 0.6) is 11.8 Å². The van der Waals surface area contributed by atoms with Gasteiger partial charge in [0, 0.05) is 44.4 Å². The van der Waals surface area contributed by atoms with E-state index in [4.69, 9.17) is 14.2 Å². The minimum absolute atomic E-state index is 0.162. The van der Waals surface area contributed by atoms with Gasteiger partial charge in [0.15, 0.2) is 5.82 Å². The van der Waals surface area contributed by atoms with Gasteiger partial charge in [-0.05, 0) is 18.2 Å². The number of alkyl halides is 2. The number of hydrogen-bond donors (Lipinski definition) is 0. The van der Waals surface area contributed by atoms with Crippen molar-refractivity contribution >= 4 is 22.9 Å². The average molecular weight is 552 g/mol. The smallest absolute Gasteiger partial charge is 0.296 e. The molecule has 2 aliphatic rings. The highest BCUT2D eigenvalue weighted by Gasteiger charge is 2.30. The molecule has 4 aromatic rings. The maximum Gasteiger partial charge on any atom is 0.296 e. The molecule has 40 heavy (non-hydrogen) atoms. The Morgan fingerprint density at radius 1 is 1.05 bits per heavy atom. The van der Waals surface area contributed by atoms with Gasteiger partial charge in [-0.15, -0.1) is 0 Å². The molecule has 0 aliphatic carbocycles. The molecule has 2 saturated heterocycles. The van der Waals surface area contributed by atoms with Crippen molar-refractivity contribution in [3.8, 4) is 17.6 Å². The molecule has 208 valence electrons. The number of carbonyl (C=O) groups is 1. The van der Waals surface area contributed by atoms with Crippen molar-refractivity contribution < 1.29 is 27.8 Å². The van der Waals surface area contributed by atoms with Crippen LogP contribution in [0.1, 0.15) is 29.0 Å². The summed E-state index contributed by atoms with van der Waals surface area (Å²) in [7, 11) is 1.51. The molecule has 2 aliphatic heterocycles. The van der Waals surface area contributed by atoms with E-state index < -0.39 is 12.2 Å². The number of morpholine rings is 1. The second-order valence-corrected chi connectivity index (χ2v) is 9.43.